The predicted molar refractivity (Wildman–Crippen MR) is 94.2 cm³/mol. The lowest BCUT2D eigenvalue weighted by molar-refractivity contribution is 0.318. The number of aromatic nitrogens is 3. The molecule has 0 unspecified atom stereocenters. The zero-order valence-electron chi connectivity index (χ0n) is 14.4. The van der Waals surface area contributed by atoms with Gasteiger partial charge in [0.1, 0.15) is 5.15 Å². The fraction of sp³-hybridized carbons (Fsp3) is 0.500. The van der Waals surface area contributed by atoms with Crippen molar-refractivity contribution in [2.45, 2.75) is 39.2 Å². The van der Waals surface area contributed by atoms with E-state index in [1.807, 2.05) is 26.8 Å². The van der Waals surface area contributed by atoms with Crippen LogP contribution in [-0.2, 0) is 18.4 Å². The third-order valence-corrected chi connectivity index (χ3v) is 3.47. The lowest BCUT2D eigenvalue weighted by Crippen LogP contribution is -2.38. The topological polar surface area (TPSA) is 88.2 Å². The molecule has 0 aliphatic heterocycles. The molecule has 0 aliphatic rings. The van der Waals surface area contributed by atoms with Crippen LogP contribution in [0, 0.1) is 0 Å². The third-order valence-electron chi connectivity index (χ3n) is 3.24. The number of guanidine groups is 1. The Morgan fingerprint density at radius 1 is 1.29 bits per heavy atom. The number of nitrogens with zero attached hydrogens (tertiary/aromatic N) is 4. The van der Waals surface area contributed by atoms with Crippen LogP contribution in [0.1, 0.15) is 38.0 Å². The Bertz CT molecular complexity index is 675. The zero-order chi connectivity index (χ0) is 17.6. The first-order chi connectivity index (χ1) is 11.4. The Morgan fingerprint density at radius 2 is 2.08 bits per heavy atom. The van der Waals surface area contributed by atoms with E-state index in [0.29, 0.717) is 29.4 Å². The SMILES string of the molecule is CN=C(NCCc1ccc(Cl)nc1)NCc1noc(C(C)(C)C)n1. The van der Waals surface area contributed by atoms with E-state index in [1.165, 1.54) is 0 Å². The highest BCUT2D eigenvalue weighted by atomic mass is 35.5. The number of rotatable bonds is 5. The molecular weight excluding hydrogens is 328 g/mol. The fourth-order valence-corrected chi connectivity index (χ4v) is 2.01. The van der Waals surface area contributed by atoms with E-state index in [0.717, 1.165) is 18.5 Å². The molecule has 0 bridgehead atoms. The van der Waals surface area contributed by atoms with Crippen molar-refractivity contribution in [3.05, 3.63) is 40.8 Å². The molecule has 0 fully saturated rings. The first-order valence-electron chi connectivity index (χ1n) is 7.76. The van der Waals surface area contributed by atoms with Gasteiger partial charge >= 0.3 is 0 Å². The Balaban J connectivity index is 1.78. The van der Waals surface area contributed by atoms with Crippen molar-refractivity contribution in [1.29, 1.82) is 0 Å². The smallest absolute Gasteiger partial charge is 0.232 e. The van der Waals surface area contributed by atoms with Gasteiger partial charge in [0.2, 0.25) is 5.89 Å². The summed E-state index contributed by atoms with van der Waals surface area (Å²) in [7, 11) is 1.72. The second-order valence-corrected chi connectivity index (χ2v) is 6.74. The molecule has 0 amide bonds. The molecule has 0 aromatic carbocycles. The molecule has 0 atom stereocenters. The highest BCUT2D eigenvalue weighted by molar-refractivity contribution is 6.29. The highest BCUT2D eigenvalue weighted by Gasteiger charge is 2.21. The molecule has 2 N–H and O–H groups in total. The molecule has 0 spiro atoms. The Labute approximate surface area is 146 Å². The Hall–Kier alpha value is -2.15. The van der Waals surface area contributed by atoms with Crippen molar-refractivity contribution >= 4 is 17.6 Å². The van der Waals surface area contributed by atoms with E-state index in [4.69, 9.17) is 16.1 Å². The van der Waals surface area contributed by atoms with Gasteiger partial charge in [0, 0.05) is 25.2 Å². The molecule has 7 nitrogen and oxygen atoms in total. The van der Waals surface area contributed by atoms with E-state index in [1.54, 1.807) is 19.3 Å². The predicted octanol–water partition coefficient (Wildman–Crippen LogP) is 2.32. The molecule has 130 valence electrons. The number of hydrogen-bond donors (Lipinski definition) is 2. The summed E-state index contributed by atoms with van der Waals surface area (Å²) in [6.45, 7) is 7.27. The molecule has 0 saturated carbocycles. The summed E-state index contributed by atoms with van der Waals surface area (Å²) in [4.78, 5) is 12.6. The van der Waals surface area contributed by atoms with Gasteiger partial charge in [0.25, 0.3) is 0 Å². The van der Waals surface area contributed by atoms with E-state index >= 15 is 0 Å². The van der Waals surface area contributed by atoms with Crippen LogP contribution in [-0.4, -0.2) is 34.7 Å². The van der Waals surface area contributed by atoms with E-state index < -0.39 is 0 Å². The second-order valence-electron chi connectivity index (χ2n) is 6.36. The first-order valence-corrected chi connectivity index (χ1v) is 8.14. The largest absolute Gasteiger partial charge is 0.356 e. The van der Waals surface area contributed by atoms with Crippen molar-refractivity contribution in [2.24, 2.45) is 4.99 Å². The maximum Gasteiger partial charge on any atom is 0.232 e. The molecule has 2 aromatic heterocycles. The van der Waals surface area contributed by atoms with Gasteiger partial charge in [-0.15, -0.1) is 0 Å². The van der Waals surface area contributed by atoms with Gasteiger partial charge < -0.3 is 15.2 Å². The summed E-state index contributed by atoms with van der Waals surface area (Å²) in [6, 6.07) is 3.74. The molecule has 2 rings (SSSR count). The van der Waals surface area contributed by atoms with Gasteiger partial charge in [-0.05, 0) is 18.1 Å². The summed E-state index contributed by atoms with van der Waals surface area (Å²) in [5.74, 6) is 1.90. The summed E-state index contributed by atoms with van der Waals surface area (Å²) in [5, 5.41) is 10.9. The van der Waals surface area contributed by atoms with E-state index in [2.05, 4.69) is 30.8 Å². The lowest BCUT2D eigenvalue weighted by Gasteiger charge is -2.11. The average molecular weight is 351 g/mol. The molecule has 0 aliphatic carbocycles. The van der Waals surface area contributed by atoms with Crippen LogP contribution < -0.4 is 10.6 Å². The zero-order valence-corrected chi connectivity index (χ0v) is 15.2. The van der Waals surface area contributed by atoms with Gasteiger partial charge in [0.15, 0.2) is 11.8 Å². The van der Waals surface area contributed by atoms with Crippen LogP contribution in [0.25, 0.3) is 0 Å². The quantitative estimate of drug-likeness (QED) is 0.489. The van der Waals surface area contributed by atoms with Gasteiger partial charge in [-0.1, -0.05) is 43.6 Å². The monoisotopic (exact) mass is 350 g/mol. The van der Waals surface area contributed by atoms with Gasteiger partial charge in [-0.3, -0.25) is 4.99 Å². The summed E-state index contributed by atoms with van der Waals surface area (Å²) in [6.07, 6.45) is 2.59. The van der Waals surface area contributed by atoms with Crippen LogP contribution in [0.2, 0.25) is 5.15 Å². The number of pyridine rings is 1. The van der Waals surface area contributed by atoms with Crippen LogP contribution in [0.4, 0.5) is 0 Å². The second kappa shape index (κ2) is 8.10. The minimum atomic E-state index is -0.155. The van der Waals surface area contributed by atoms with Crippen molar-refractivity contribution in [2.75, 3.05) is 13.6 Å². The van der Waals surface area contributed by atoms with Gasteiger partial charge in [-0.25, -0.2) is 4.98 Å². The van der Waals surface area contributed by atoms with E-state index in [-0.39, 0.29) is 5.41 Å². The minimum Gasteiger partial charge on any atom is -0.356 e. The molecule has 24 heavy (non-hydrogen) atoms. The summed E-state index contributed by atoms with van der Waals surface area (Å²) >= 11 is 5.77. The van der Waals surface area contributed by atoms with E-state index in [9.17, 15) is 0 Å². The normalized spacial score (nSPS) is 12.3. The number of halogens is 1. The highest BCUT2D eigenvalue weighted by Crippen LogP contribution is 2.19. The van der Waals surface area contributed by atoms with Crippen LogP contribution >= 0.6 is 11.6 Å². The van der Waals surface area contributed by atoms with Crippen molar-refractivity contribution in [1.82, 2.24) is 25.8 Å². The Kier molecular flexibility index (Phi) is 6.14. The van der Waals surface area contributed by atoms with Crippen molar-refractivity contribution in [3.63, 3.8) is 0 Å². The summed E-state index contributed by atoms with van der Waals surface area (Å²) in [5.41, 5.74) is 0.952. The average Bonchev–Trinajstić information content (AvgIpc) is 3.01. The molecule has 0 saturated heterocycles. The van der Waals surface area contributed by atoms with Crippen LogP contribution in [0.5, 0.6) is 0 Å². The van der Waals surface area contributed by atoms with Crippen LogP contribution in [0.15, 0.2) is 27.8 Å². The van der Waals surface area contributed by atoms with Gasteiger partial charge in [0.05, 0.1) is 6.54 Å². The van der Waals surface area contributed by atoms with Crippen molar-refractivity contribution < 1.29 is 4.52 Å². The standard InChI is InChI=1S/C16H23ClN6O/c1-16(2,3)14-22-13(23-24-14)10-21-15(18-4)19-8-7-11-5-6-12(17)20-9-11/h5-6,9H,7-8,10H2,1-4H3,(H2,18,19,21). The molecular formula is C16H23ClN6O. The number of aliphatic imine (C=N–C) groups is 1. The van der Waals surface area contributed by atoms with Crippen molar-refractivity contribution in [3.8, 4) is 0 Å². The first kappa shape index (κ1) is 18.2. The number of hydrogen-bond acceptors (Lipinski definition) is 5. The molecule has 8 heteroatoms. The maximum atomic E-state index is 5.77. The lowest BCUT2D eigenvalue weighted by atomic mass is 9.97. The summed E-state index contributed by atoms with van der Waals surface area (Å²) < 4.78 is 5.26. The molecule has 0 radical (unpaired) electrons. The van der Waals surface area contributed by atoms with Crippen LogP contribution in [0.3, 0.4) is 0 Å². The van der Waals surface area contributed by atoms with Gasteiger partial charge in [-0.2, -0.15) is 4.98 Å². The number of nitrogens with one attached hydrogen (secondary N) is 2. The fourth-order valence-electron chi connectivity index (χ4n) is 1.89. The third kappa shape index (κ3) is 5.49. The molecule has 2 aromatic rings. The molecule has 2 heterocycles. The minimum absolute atomic E-state index is 0.155. The Morgan fingerprint density at radius 3 is 2.67 bits per heavy atom. The maximum absolute atomic E-state index is 5.77.